The first-order valence-electron chi connectivity index (χ1n) is 7.74. The number of benzene rings is 1. The zero-order valence-electron chi connectivity index (χ0n) is 12.8. The van der Waals surface area contributed by atoms with E-state index < -0.39 is 0 Å². The third-order valence-electron chi connectivity index (χ3n) is 3.61. The lowest BCUT2D eigenvalue weighted by molar-refractivity contribution is 0.456. The van der Waals surface area contributed by atoms with E-state index in [2.05, 4.69) is 75.2 Å². The Balaban J connectivity index is 2.13. The maximum absolute atomic E-state index is 4.49. The van der Waals surface area contributed by atoms with E-state index in [1.54, 1.807) is 0 Å². The van der Waals surface area contributed by atoms with E-state index in [-0.39, 0.29) is 0 Å². The molecule has 0 saturated heterocycles. The van der Waals surface area contributed by atoms with Crippen molar-refractivity contribution in [1.82, 2.24) is 15.1 Å². The molecule has 4 heteroatoms. The summed E-state index contributed by atoms with van der Waals surface area (Å²) in [7, 11) is 0. The van der Waals surface area contributed by atoms with Crippen molar-refractivity contribution in [1.29, 1.82) is 0 Å². The van der Waals surface area contributed by atoms with Gasteiger partial charge in [0.1, 0.15) is 0 Å². The zero-order valence-corrected chi connectivity index (χ0v) is 14.4. The summed E-state index contributed by atoms with van der Waals surface area (Å²) in [6.45, 7) is 6.27. The van der Waals surface area contributed by atoms with Gasteiger partial charge >= 0.3 is 0 Å². The van der Waals surface area contributed by atoms with Crippen LogP contribution in [0.15, 0.2) is 41.0 Å². The van der Waals surface area contributed by atoms with Gasteiger partial charge in [-0.25, -0.2) is 0 Å². The van der Waals surface area contributed by atoms with Gasteiger partial charge in [-0.3, -0.25) is 4.68 Å². The highest BCUT2D eigenvalue weighted by molar-refractivity contribution is 9.10. The van der Waals surface area contributed by atoms with Gasteiger partial charge in [0.15, 0.2) is 0 Å². The average Bonchev–Trinajstić information content (AvgIpc) is 2.86. The molecule has 2 rings (SSSR count). The van der Waals surface area contributed by atoms with Crippen molar-refractivity contribution >= 4 is 15.9 Å². The maximum atomic E-state index is 4.49. The molecule has 1 aromatic carbocycles. The molecular weight excluding hydrogens is 326 g/mol. The third-order valence-corrected chi connectivity index (χ3v) is 4.22. The summed E-state index contributed by atoms with van der Waals surface area (Å²) in [4.78, 5) is 0. The zero-order chi connectivity index (χ0) is 15.1. The van der Waals surface area contributed by atoms with E-state index in [1.165, 1.54) is 11.3 Å². The first kappa shape index (κ1) is 16.2. The summed E-state index contributed by atoms with van der Waals surface area (Å²) >= 11 is 3.66. The minimum atomic E-state index is 0.332. The Morgan fingerprint density at radius 1 is 1.24 bits per heavy atom. The average molecular weight is 350 g/mol. The van der Waals surface area contributed by atoms with Gasteiger partial charge in [0, 0.05) is 6.54 Å². The normalized spacial score (nSPS) is 12.5. The Morgan fingerprint density at radius 2 is 2.00 bits per heavy atom. The van der Waals surface area contributed by atoms with Crippen LogP contribution < -0.4 is 5.32 Å². The highest BCUT2D eigenvalue weighted by atomic mass is 79.9. The molecule has 1 aromatic heterocycles. The van der Waals surface area contributed by atoms with Crippen molar-refractivity contribution in [2.45, 2.75) is 45.7 Å². The summed E-state index contributed by atoms with van der Waals surface area (Å²) in [5.41, 5.74) is 2.66. The fourth-order valence-corrected chi connectivity index (χ4v) is 3.22. The Morgan fingerprint density at radius 3 is 2.67 bits per heavy atom. The Bertz CT molecular complexity index is 536. The van der Waals surface area contributed by atoms with Crippen molar-refractivity contribution < 1.29 is 0 Å². The predicted octanol–water partition coefficient (Wildman–Crippen LogP) is 4.34. The summed E-state index contributed by atoms with van der Waals surface area (Å²) in [6, 6.07) is 11.0. The van der Waals surface area contributed by atoms with Crippen LogP contribution >= 0.6 is 15.9 Å². The second-order valence-electron chi connectivity index (χ2n) is 5.24. The third kappa shape index (κ3) is 4.42. The van der Waals surface area contributed by atoms with Gasteiger partial charge < -0.3 is 5.32 Å². The maximum Gasteiger partial charge on any atom is 0.0695 e. The topological polar surface area (TPSA) is 29.9 Å². The highest BCUT2D eigenvalue weighted by Gasteiger charge is 2.19. The van der Waals surface area contributed by atoms with Gasteiger partial charge in [0.05, 0.1) is 22.4 Å². The van der Waals surface area contributed by atoms with Crippen LogP contribution in [0.4, 0.5) is 0 Å². The Kier molecular flexibility index (Phi) is 6.46. The molecule has 0 aliphatic carbocycles. The number of aryl methyl sites for hydroxylation is 2. The second-order valence-corrected chi connectivity index (χ2v) is 6.09. The van der Waals surface area contributed by atoms with Crippen LogP contribution in [0.1, 0.15) is 44.0 Å². The van der Waals surface area contributed by atoms with Crippen LogP contribution in [0.3, 0.4) is 0 Å². The number of nitrogens with zero attached hydrogens (tertiary/aromatic N) is 2. The highest BCUT2D eigenvalue weighted by Crippen LogP contribution is 2.27. The van der Waals surface area contributed by atoms with Gasteiger partial charge in [0.2, 0.25) is 0 Å². The van der Waals surface area contributed by atoms with Crippen LogP contribution in [-0.4, -0.2) is 16.3 Å². The van der Waals surface area contributed by atoms with Crippen molar-refractivity contribution in [2.75, 3.05) is 6.54 Å². The first-order chi connectivity index (χ1) is 10.3. The fraction of sp³-hybridized carbons (Fsp3) is 0.471. The van der Waals surface area contributed by atoms with E-state index >= 15 is 0 Å². The number of aromatic nitrogens is 2. The van der Waals surface area contributed by atoms with Crippen molar-refractivity contribution in [2.24, 2.45) is 0 Å². The van der Waals surface area contributed by atoms with Crippen LogP contribution in [0, 0.1) is 0 Å². The molecule has 1 heterocycles. The van der Waals surface area contributed by atoms with Crippen LogP contribution in [-0.2, 0) is 13.0 Å². The van der Waals surface area contributed by atoms with Crippen molar-refractivity contribution in [3.63, 3.8) is 0 Å². The van der Waals surface area contributed by atoms with Crippen LogP contribution in [0.25, 0.3) is 0 Å². The predicted molar refractivity (Wildman–Crippen MR) is 91.4 cm³/mol. The second kappa shape index (κ2) is 8.35. The molecule has 2 aromatic rings. The molecule has 114 valence electrons. The SMILES string of the molecule is CCCn1ncc(Br)c1C(CCc1ccccc1)NCC. The standard InChI is InChI=1S/C17H24BrN3/c1-3-12-21-17(15(18)13-20-21)16(19-4-2)11-10-14-8-6-5-7-9-14/h5-9,13,16,19H,3-4,10-12H2,1-2H3. The number of nitrogens with one attached hydrogen (secondary N) is 1. The van der Waals surface area contributed by atoms with Crippen LogP contribution in [0.5, 0.6) is 0 Å². The van der Waals surface area contributed by atoms with E-state index in [0.29, 0.717) is 6.04 Å². The van der Waals surface area contributed by atoms with Gasteiger partial charge in [0.25, 0.3) is 0 Å². The monoisotopic (exact) mass is 349 g/mol. The molecule has 0 aliphatic heterocycles. The number of rotatable bonds is 8. The minimum absolute atomic E-state index is 0.332. The smallest absolute Gasteiger partial charge is 0.0695 e. The lowest BCUT2D eigenvalue weighted by atomic mass is 10.0. The lowest BCUT2D eigenvalue weighted by Crippen LogP contribution is -2.25. The molecule has 1 unspecified atom stereocenters. The Labute approximate surface area is 135 Å². The quantitative estimate of drug-likeness (QED) is 0.768. The largest absolute Gasteiger partial charge is 0.309 e. The number of halogens is 1. The van der Waals surface area contributed by atoms with Gasteiger partial charge in [-0.2, -0.15) is 5.10 Å². The molecule has 21 heavy (non-hydrogen) atoms. The summed E-state index contributed by atoms with van der Waals surface area (Å²) < 4.78 is 3.23. The van der Waals surface area contributed by atoms with Gasteiger partial charge in [-0.15, -0.1) is 0 Å². The summed E-state index contributed by atoms with van der Waals surface area (Å²) in [5.74, 6) is 0. The number of hydrogen-bond donors (Lipinski definition) is 1. The Hall–Kier alpha value is -1.13. The molecular formula is C17H24BrN3. The van der Waals surface area contributed by atoms with E-state index in [1.807, 2.05) is 6.20 Å². The molecule has 0 bridgehead atoms. The van der Waals surface area contributed by atoms with E-state index in [4.69, 9.17) is 0 Å². The van der Waals surface area contributed by atoms with Crippen LogP contribution in [0.2, 0.25) is 0 Å². The molecule has 0 aliphatic rings. The van der Waals surface area contributed by atoms with Crippen molar-refractivity contribution in [3.8, 4) is 0 Å². The van der Waals surface area contributed by atoms with E-state index in [9.17, 15) is 0 Å². The van der Waals surface area contributed by atoms with E-state index in [0.717, 1.165) is 36.8 Å². The van der Waals surface area contributed by atoms with Gasteiger partial charge in [-0.05, 0) is 47.3 Å². The molecule has 0 amide bonds. The number of hydrogen-bond acceptors (Lipinski definition) is 2. The molecule has 1 atom stereocenters. The van der Waals surface area contributed by atoms with Gasteiger partial charge in [-0.1, -0.05) is 44.2 Å². The molecule has 0 fully saturated rings. The summed E-state index contributed by atoms with van der Waals surface area (Å²) in [5, 5.41) is 8.10. The minimum Gasteiger partial charge on any atom is -0.309 e. The molecule has 0 spiro atoms. The molecule has 3 nitrogen and oxygen atoms in total. The lowest BCUT2D eigenvalue weighted by Gasteiger charge is -2.20. The molecule has 0 saturated carbocycles. The first-order valence-corrected chi connectivity index (χ1v) is 8.54. The van der Waals surface area contributed by atoms with Crippen molar-refractivity contribution in [3.05, 3.63) is 52.3 Å². The molecule has 1 N–H and O–H groups in total. The fourth-order valence-electron chi connectivity index (χ4n) is 2.65. The molecule has 0 radical (unpaired) electrons. The summed E-state index contributed by atoms with van der Waals surface area (Å²) in [6.07, 6.45) is 5.16.